The van der Waals surface area contributed by atoms with Crippen molar-refractivity contribution in [2.75, 3.05) is 13.1 Å². The van der Waals surface area contributed by atoms with Gasteiger partial charge in [-0.15, -0.1) is 0 Å². The molecule has 25 heavy (non-hydrogen) atoms. The van der Waals surface area contributed by atoms with Crippen LogP contribution >= 0.6 is 0 Å². The third-order valence-electron chi connectivity index (χ3n) is 4.10. The van der Waals surface area contributed by atoms with E-state index in [0.717, 1.165) is 25.1 Å². The van der Waals surface area contributed by atoms with E-state index >= 15 is 0 Å². The molecule has 0 saturated carbocycles. The molecule has 0 aromatic carbocycles. The fourth-order valence-electron chi connectivity index (χ4n) is 2.70. The fourth-order valence-corrected chi connectivity index (χ4v) is 2.70. The maximum atomic E-state index is 12.3. The van der Waals surface area contributed by atoms with Crippen LogP contribution in [0.5, 0.6) is 0 Å². The zero-order valence-electron chi connectivity index (χ0n) is 14.6. The number of carbonyl (C=O) groups excluding carboxylic acids is 1. The topological polar surface area (TPSA) is 93.6 Å². The number of nitrogens with zero attached hydrogens (tertiary/aromatic N) is 3. The summed E-state index contributed by atoms with van der Waals surface area (Å²) in [7, 11) is 0. The minimum atomic E-state index is -0.107. The average molecular weight is 348 g/mol. The molecular weight excluding hydrogens is 324 g/mol. The first-order chi connectivity index (χ1) is 12.1. The van der Waals surface area contributed by atoms with Crippen molar-refractivity contribution in [2.45, 2.75) is 51.9 Å². The maximum absolute atomic E-state index is 12.3. The van der Waals surface area contributed by atoms with E-state index in [1.54, 1.807) is 17.2 Å². The van der Waals surface area contributed by atoms with Crippen LogP contribution in [0.3, 0.4) is 0 Å². The third kappa shape index (κ3) is 4.82. The van der Waals surface area contributed by atoms with Crippen molar-refractivity contribution in [2.24, 2.45) is 0 Å². The second-order valence-corrected chi connectivity index (χ2v) is 6.46. The quantitative estimate of drug-likeness (QED) is 0.862. The van der Waals surface area contributed by atoms with E-state index in [1.165, 1.54) is 0 Å². The number of hydrogen-bond acceptors (Lipinski definition) is 6. The van der Waals surface area contributed by atoms with E-state index in [-0.39, 0.29) is 24.7 Å². The summed E-state index contributed by atoms with van der Waals surface area (Å²) >= 11 is 0. The van der Waals surface area contributed by atoms with Gasteiger partial charge in [0.05, 0.1) is 18.9 Å². The second-order valence-electron chi connectivity index (χ2n) is 6.46. The van der Waals surface area contributed by atoms with E-state index < -0.39 is 0 Å². The lowest BCUT2D eigenvalue weighted by atomic mass is 10.1. The highest BCUT2D eigenvalue weighted by Gasteiger charge is 2.24. The molecule has 3 heterocycles. The SMILES string of the molecule is CC(C)c1noc(COC2CCCN(C(=O)NCc3ccco3)C2)n1. The van der Waals surface area contributed by atoms with Crippen LogP contribution in [0.15, 0.2) is 27.3 Å². The normalized spacial score (nSPS) is 17.9. The van der Waals surface area contributed by atoms with Crippen LogP contribution in [0.25, 0.3) is 0 Å². The fraction of sp³-hybridized carbons (Fsp3) is 0.588. The van der Waals surface area contributed by atoms with Crippen LogP contribution in [-0.4, -0.2) is 40.3 Å². The van der Waals surface area contributed by atoms with Crippen LogP contribution in [-0.2, 0) is 17.9 Å². The smallest absolute Gasteiger partial charge is 0.317 e. The monoisotopic (exact) mass is 348 g/mol. The van der Waals surface area contributed by atoms with E-state index in [0.29, 0.717) is 24.8 Å². The lowest BCUT2D eigenvalue weighted by molar-refractivity contribution is -0.0104. The van der Waals surface area contributed by atoms with Crippen molar-refractivity contribution in [1.82, 2.24) is 20.4 Å². The molecule has 2 amide bonds. The zero-order chi connectivity index (χ0) is 17.6. The standard InChI is InChI=1S/C17H24N4O4/c1-12(2)16-19-15(25-20-16)11-24-14-5-3-7-21(10-14)17(22)18-9-13-6-4-8-23-13/h4,6,8,12,14H,3,5,7,9-11H2,1-2H3,(H,18,22). The van der Waals surface area contributed by atoms with E-state index in [9.17, 15) is 4.79 Å². The Morgan fingerprint density at radius 3 is 3.12 bits per heavy atom. The zero-order valence-corrected chi connectivity index (χ0v) is 14.6. The average Bonchev–Trinajstić information content (AvgIpc) is 3.30. The molecule has 1 aliphatic heterocycles. The molecule has 2 aromatic heterocycles. The molecule has 0 bridgehead atoms. The molecule has 0 radical (unpaired) electrons. The molecule has 2 aromatic rings. The summed E-state index contributed by atoms with van der Waals surface area (Å²) in [6.45, 7) is 5.95. The summed E-state index contributed by atoms with van der Waals surface area (Å²) in [6, 6.07) is 3.52. The van der Waals surface area contributed by atoms with Gasteiger partial charge in [0.2, 0.25) is 0 Å². The van der Waals surface area contributed by atoms with E-state index in [2.05, 4.69) is 15.5 Å². The number of carbonyl (C=O) groups is 1. The number of rotatable bonds is 6. The van der Waals surface area contributed by atoms with Gasteiger partial charge in [0, 0.05) is 19.0 Å². The predicted molar refractivity (Wildman–Crippen MR) is 88.7 cm³/mol. The Hall–Kier alpha value is -2.35. The molecule has 8 heteroatoms. The molecule has 3 rings (SSSR count). The van der Waals surface area contributed by atoms with Crippen molar-refractivity contribution >= 4 is 6.03 Å². The largest absolute Gasteiger partial charge is 0.467 e. The van der Waals surface area contributed by atoms with Gasteiger partial charge in [-0.05, 0) is 25.0 Å². The second kappa shape index (κ2) is 8.15. The van der Waals surface area contributed by atoms with Gasteiger partial charge >= 0.3 is 6.03 Å². The third-order valence-corrected chi connectivity index (χ3v) is 4.10. The molecule has 0 spiro atoms. The Morgan fingerprint density at radius 2 is 2.40 bits per heavy atom. The number of ether oxygens (including phenoxy) is 1. The summed E-state index contributed by atoms with van der Waals surface area (Å²) in [5.41, 5.74) is 0. The van der Waals surface area contributed by atoms with Gasteiger partial charge in [-0.25, -0.2) is 4.79 Å². The Balaban J connectivity index is 1.44. The number of nitrogens with one attached hydrogen (secondary N) is 1. The Labute approximate surface area is 146 Å². The van der Waals surface area contributed by atoms with Gasteiger partial charge in [0.1, 0.15) is 12.4 Å². The molecule has 8 nitrogen and oxygen atoms in total. The number of piperidine rings is 1. The van der Waals surface area contributed by atoms with Crippen molar-refractivity contribution in [3.8, 4) is 0 Å². The van der Waals surface area contributed by atoms with E-state index in [4.69, 9.17) is 13.7 Å². The summed E-state index contributed by atoms with van der Waals surface area (Å²) in [5.74, 6) is 2.11. The summed E-state index contributed by atoms with van der Waals surface area (Å²) in [4.78, 5) is 18.3. The first-order valence-corrected chi connectivity index (χ1v) is 8.61. The molecule has 136 valence electrons. The van der Waals surface area contributed by atoms with Gasteiger partial charge in [-0.2, -0.15) is 4.98 Å². The number of furan rings is 1. The van der Waals surface area contributed by atoms with Crippen molar-refractivity contribution < 1.29 is 18.5 Å². The molecule has 1 atom stereocenters. The van der Waals surface area contributed by atoms with Crippen molar-refractivity contribution in [3.05, 3.63) is 35.9 Å². The number of urea groups is 1. The number of amides is 2. The van der Waals surface area contributed by atoms with Crippen molar-refractivity contribution in [3.63, 3.8) is 0 Å². The molecule has 1 aliphatic rings. The lowest BCUT2D eigenvalue weighted by Crippen LogP contribution is -2.47. The van der Waals surface area contributed by atoms with Crippen LogP contribution in [0.1, 0.15) is 50.1 Å². The minimum Gasteiger partial charge on any atom is -0.467 e. The van der Waals surface area contributed by atoms with Crippen LogP contribution in [0, 0.1) is 0 Å². The highest BCUT2D eigenvalue weighted by molar-refractivity contribution is 5.74. The maximum Gasteiger partial charge on any atom is 0.317 e. The van der Waals surface area contributed by atoms with E-state index in [1.807, 2.05) is 19.9 Å². The van der Waals surface area contributed by atoms with Crippen molar-refractivity contribution in [1.29, 1.82) is 0 Å². The minimum absolute atomic E-state index is 0.0301. The van der Waals surface area contributed by atoms with Crippen LogP contribution in [0.2, 0.25) is 0 Å². The van der Waals surface area contributed by atoms with Gasteiger partial charge < -0.3 is 23.9 Å². The van der Waals surface area contributed by atoms with Gasteiger partial charge in [-0.3, -0.25) is 0 Å². The summed E-state index contributed by atoms with van der Waals surface area (Å²) in [5, 5.41) is 6.78. The molecular formula is C17H24N4O4. The predicted octanol–water partition coefficient (Wildman–Crippen LogP) is 2.68. The lowest BCUT2D eigenvalue weighted by Gasteiger charge is -2.32. The van der Waals surface area contributed by atoms with Gasteiger partial charge in [0.25, 0.3) is 5.89 Å². The number of aromatic nitrogens is 2. The highest BCUT2D eigenvalue weighted by atomic mass is 16.5. The highest BCUT2D eigenvalue weighted by Crippen LogP contribution is 2.16. The number of hydrogen-bond donors (Lipinski definition) is 1. The molecule has 1 fully saturated rings. The van der Waals surface area contributed by atoms with Crippen LogP contribution < -0.4 is 5.32 Å². The summed E-state index contributed by atoms with van der Waals surface area (Å²) < 4.78 is 16.3. The summed E-state index contributed by atoms with van der Waals surface area (Å²) in [6.07, 6.45) is 3.37. The molecule has 1 N–H and O–H groups in total. The van der Waals surface area contributed by atoms with Gasteiger partial charge in [0.15, 0.2) is 5.82 Å². The molecule has 0 aliphatic carbocycles. The Kier molecular flexibility index (Phi) is 5.70. The molecule has 1 saturated heterocycles. The Morgan fingerprint density at radius 1 is 1.52 bits per heavy atom. The Bertz CT molecular complexity index is 668. The first-order valence-electron chi connectivity index (χ1n) is 8.61. The first kappa shape index (κ1) is 17.5. The van der Waals surface area contributed by atoms with Gasteiger partial charge in [-0.1, -0.05) is 19.0 Å². The van der Waals surface area contributed by atoms with Crippen LogP contribution in [0.4, 0.5) is 4.79 Å². The molecule has 1 unspecified atom stereocenters. The number of likely N-dealkylation sites (tertiary alicyclic amines) is 1.